The van der Waals surface area contributed by atoms with Crippen LogP contribution in [0.5, 0.6) is 11.5 Å². The summed E-state index contributed by atoms with van der Waals surface area (Å²) in [6.45, 7) is 1.40. The molecule has 0 bridgehead atoms. The van der Waals surface area contributed by atoms with Crippen molar-refractivity contribution in [3.8, 4) is 11.5 Å². The predicted octanol–water partition coefficient (Wildman–Crippen LogP) is 4.00. The number of amides is 4. The van der Waals surface area contributed by atoms with Crippen LogP contribution in [0.25, 0.3) is 0 Å². The topological polar surface area (TPSA) is 126 Å². The quantitative estimate of drug-likeness (QED) is 0.441. The molecule has 0 spiro atoms. The lowest BCUT2D eigenvalue weighted by atomic mass is 10.2. The van der Waals surface area contributed by atoms with Crippen molar-refractivity contribution in [2.24, 2.45) is 0 Å². The molecule has 3 aromatic rings. The Morgan fingerprint density at radius 2 is 1.66 bits per heavy atom. The molecule has 2 aromatic heterocycles. The third kappa shape index (κ3) is 6.73. The van der Waals surface area contributed by atoms with Gasteiger partial charge in [0.05, 0.1) is 0 Å². The summed E-state index contributed by atoms with van der Waals surface area (Å²) in [4.78, 5) is 46.1. The molecule has 1 fully saturated rings. The highest BCUT2D eigenvalue weighted by atomic mass is 19.1. The summed E-state index contributed by atoms with van der Waals surface area (Å²) in [5.74, 6) is -1.08. The summed E-state index contributed by atoms with van der Waals surface area (Å²) >= 11 is 0. The van der Waals surface area contributed by atoms with Crippen LogP contribution in [0.4, 0.5) is 26.5 Å². The van der Waals surface area contributed by atoms with E-state index in [1.165, 1.54) is 36.7 Å². The minimum atomic E-state index is -0.722. The molecule has 0 aliphatic carbocycles. The number of carbonyl (C=O) groups is 3. The number of hydrogen-bond acceptors (Lipinski definition) is 6. The Labute approximate surface area is 200 Å². The maximum Gasteiger partial charge on any atom is 0.323 e. The van der Waals surface area contributed by atoms with Crippen LogP contribution in [0.15, 0.2) is 60.9 Å². The monoisotopic (exact) mass is 478 g/mol. The molecule has 1 aromatic carbocycles. The van der Waals surface area contributed by atoms with E-state index in [9.17, 15) is 18.8 Å². The number of ether oxygens (including phenoxy) is 1. The van der Waals surface area contributed by atoms with Gasteiger partial charge in [0.15, 0.2) is 11.6 Å². The molecule has 1 aliphatic heterocycles. The third-order valence-electron chi connectivity index (χ3n) is 5.06. The number of hydrogen-bond donors (Lipinski definition) is 3. The van der Waals surface area contributed by atoms with Gasteiger partial charge in [-0.2, -0.15) is 0 Å². The zero-order chi connectivity index (χ0) is 24.6. The predicted molar refractivity (Wildman–Crippen MR) is 127 cm³/mol. The molecular weight excluding hydrogens is 455 g/mol. The molecule has 35 heavy (non-hydrogen) atoms. The van der Waals surface area contributed by atoms with Gasteiger partial charge in [0, 0.05) is 43.3 Å². The molecule has 0 unspecified atom stereocenters. The van der Waals surface area contributed by atoms with Gasteiger partial charge in [-0.3, -0.25) is 14.9 Å². The molecule has 4 amide bonds. The minimum Gasteiger partial charge on any atom is -0.454 e. The molecule has 0 saturated carbocycles. The largest absolute Gasteiger partial charge is 0.454 e. The van der Waals surface area contributed by atoms with Gasteiger partial charge in [-0.1, -0.05) is 6.07 Å². The van der Waals surface area contributed by atoms with E-state index in [0.29, 0.717) is 18.9 Å². The lowest BCUT2D eigenvalue weighted by Gasteiger charge is -2.16. The van der Waals surface area contributed by atoms with E-state index >= 15 is 0 Å². The van der Waals surface area contributed by atoms with Gasteiger partial charge in [-0.05, 0) is 43.2 Å². The van der Waals surface area contributed by atoms with E-state index < -0.39 is 24.1 Å². The summed E-state index contributed by atoms with van der Waals surface area (Å²) in [7, 11) is 0. The Morgan fingerprint density at radius 3 is 2.40 bits per heavy atom. The maximum absolute atomic E-state index is 14.6. The van der Waals surface area contributed by atoms with E-state index in [1.54, 1.807) is 23.1 Å². The van der Waals surface area contributed by atoms with Crippen molar-refractivity contribution in [2.75, 3.05) is 29.0 Å². The highest BCUT2D eigenvalue weighted by Gasteiger charge is 2.18. The molecule has 10 nitrogen and oxygen atoms in total. The molecule has 3 heterocycles. The first kappa shape index (κ1) is 23.6. The van der Waals surface area contributed by atoms with Crippen molar-refractivity contribution in [2.45, 2.75) is 19.3 Å². The number of halogens is 1. The number of nitrogens with one attached hydrogen (secondary N) is 3. The van der Waals surface area contributed by atoms with Crippen LogP contribution in [0.2, 0.25) is 0 Å². The minimum absolute atomic E-state index is 0.0843. The summed E-state index contributed by atoms with van der Waals surface area (Å²) < 4.78 is 20.2. The van der Waals surface area contributed by atoms with E-state index in [-0.39, 0.29) is 29.0 Å². The SMILES string of the molecule is O=C(CC(=O)Nc1ccccn1)Nc1ccc(Oc2ccnc(NC(=O)N3CCCC3)c2)c(F)c1. The summed E-state index contributed by atoms with van der Waals surface area (Å²) in [6, 6.07) is 11.7. The van der Waals surface area contributed by atoms with Gasteiger partial charge in [0.2, 0.25) is 11.8 Å². The smallest absolute Gasteiger partial charge is 0.323 e. The number of likely N-dealkylation sites (tertiary alicyclic amines) is 1. The lowest BCUT2D eigenvalue weighted by Crippen LogP contribution is -2.32. The first-order chi connectivity index (χ1) is 17.0. The fourth-order valence-electron chi connectivity index (χ4n) is 3.41. The highest BCUT2D eigenvalue weighted by molar-refractivity contribution is 6.07. The summed E-state index contributed by atoms with van der Waals surface area (Å²) in [6.07, 6.45) is 4.44. The number of rotatable bonds is 7. The van der Waals surface area contributed by atoms with Gasteiger partial charge in [0.1, 0.15) is 23.8 Å². The number of pyridine rings is 2. The molecule has 1 saturated heterocycles. The Morgan fingerprint density at radius 1 is 0.886 bits per heavy atom. The van der Waals surface area contributed by atoms with Crippen LogP contribution in [-0.2, 0) is 9.59 Å². The molecule has 0 atom stereocenters. The van der Waals surface area contributed by atoms with E-state index in [0.717, 1.165) is 18.9 Å². The normalized spacial score (nSPS) is 12.7. The Kier molecular flexibility index (Phi) is 7.46. The summed E-state index contributed by atoms with van der Waals surface area (Å²) in [5, 5.41) is 7.67. The van der Waals surface area contributed by atoms with Crippen LogP contribution >= 0.6 is 0 Å². The Balaban J connectivity index is 1.32. The number of aromatic nitrogens is 2. The number of nitrogens with zero attached hydrogens (tertiary/aromatic N) is 3. The van der Waals surface area contributed by atoms with Gasteiger partial charge < -0.3 is 20.3 Å². The maximum atomic E-state index is 14.6. The van der Waals surface area contributed by atoms with E-state index in [2.05, 4.69) is 25.9 Å². The standard InChI is InChI=1S/C24H23FN6O4/c25-18-13-16(28-22(32)15-23(33)29-20-5-1-2-9-26-20)6-7-19(18)35-17-8-10-27-21(14-17)30-24(34)31-11-3-4-12-31/h1-2,5-10,13-14H,3-4,11-12,15H2,(H,28,32)(H,26,29,33)(H,27,30,34). The van der Waals surface area contributed by atoms with Crippen LogP contribution < -0.4 is 20.7 Å². The van der Waals surface area contributed by atoms with Crippen LogP contribution in [0, 0.1) is 5.82 Å². The average Bonchev–Trinajstić information content (AvgIpc) is 3.37. The van der Waals surface area contributed by atoms with E-state index in [1.807, 2.05) is 0 Å². The second kappa shape index (κ2) is 11.1. The van der Waals surface area contributed by atoms with Crippen LogP contribution in [-0.4, -0.2) is 45.8 Å². The number of carbonyl (C=O) groups excluding carboxylic acids is 3. The van der Waals surface area contributed by atoms with Gasteiger partial charge in [-0.25, -0.2) is 19.2 Å². The van der Waals surface area contributed by atoms with Crippen molar-refractivity contribution in [1.82, 2.24) is 14.9 Å². The van der Waals surface area contributed by atoms with Crippen molar-refractivity contribution in [3.63, 3.8) is 0 Å². The van der Waals surface area contributed by atoms with Crippen molar-refractivity contribution in [1.29, 1.82) is 0 Å². The van der Waals surface area contributed by atoms with Crippen molar-refractivity contribution >= 4 is 35.2 Å². The molecule has 0 radical (unpaired) electrons. The van der Waals surface area contributed by atoms with Gasteiger partial charge >= 0.3 is 6.03 Å². The van der Waals surface area contributed by atoms with Crippen molar-refractivity contribution < 1.29 is 23.5 Å². The zero-order valence-electron chi connectivity index (χ0n) is 18.7. The first-order valence-electron chi connectivity index (χ1n) is 11.0. The molecular formula is C24H23FN6O4. The molecule has 3 N–H and O–H groups in total. The second-order valence-electron chi connectivity index (χ2n) is 7.74. The molecule has 1 aliphatic rings. The Hall–Kier alpha value is -4.54. The Bertz CT molecular complexity index is 1220. The summed E-state index contributed by atoms with van der Waals surface area (Å²) in [5.41, 5.74) is 0.166. The number of benzene rings is 1. The van der Waals surface area contributed by atoms with Gasteiger partial charge in [-0.15, -0.1) is 0 Å². The molecule has 11 heteroatoms. The van der Waals surface area contributed by atoms with Crippen molar-refractivity contribution in [3.05, 3.63) is 66.7 Å². The second-order valence-corrected chi connectivity index (χ2v) is 7.74. The highest BCUT2D eigenvalue weighted by Crippen LogP contribution is 2.28. The van der Waals surface area contributed by atoms with E-state index in [4.69, 9.17) is 4.74 Å². The molecule has 180 valence electrons. The van der Waals surface area contributed by atoms with Crippen LogP contribution in [0.3, 0.4) is 0 Å². The first-order valence-corrected chi connectivity index (χ1v) is 11.0. The molecule has 4 rings (SSSR count). The number of anilines is 3. The number of urea groups is 1. The van der Waals surface area contributed by atoms with Gasteiger partial charge in [0.25, 0.3) is 0 Å². The third-order valence-corrected chi connectivity index (χ3v) is 5.06. The lowest BCUT2D eigenvalue weighted by molar-refractivity contribution is -0.123. The van der Waals surface area contributed by atoms with Crippen LogP contribution in [0.1, 0.15) is 19.3 Å². The average molecular weight is 478 g/mol. The zero-order valence-corrected chi connectivity index (χ0v) is 18.7. The fourth-order valence-corrected chi connectivity index (χ4v) is 3.41. The fraction of sp³-hybridized carbons (Fsp3) is 0.208.